The second-order valence-corrected chi connectivity index (χ2v) is 5.26. The molecule has 104 valence electrons. The number of rotatable bonds is 4. The largest absolute Gasteiger partial charge is 0.388 e. The van der Waals surface area contributed by atoms with Crippen molar-refractivity contribution in [2.45, 2.75) is 44.6 Å². The van der Waals surface area contributed by atoms with Gasteiger partial charge in [-0.25, -0.2) is 0 Å². The Morgan fingerprint density at radius 3 is 2.37 bits per heavy atom. The Bertz CT molecular complexity index is 383. The van der Waals surface area contributed by atoms with E-state index in [1.165, 1.54) is 12.8 Å². The third-order valence-corrected chi connectivity index (χ3v) is 3.77. The first-order valence-corrected chi connectivity index (χ1v) is 7.28. The van der Waals surface area contributed by atoms with E-state index in [0.717, 1.165) is 31.5 Å². The molecule has 19 heavy (non-hydrogen) atoms. The molecule has 3 nitrogen and oxygen atoms in total. The minimum atomic E-state index is -0.530. The van der Waals surface area contributed by atoms with Gasteiger partial charge in [-0.1, -0.05) is 43.2 Å². The van der Waals surface area contributed by atoms with Crippen LogP contribution in [0.1, 0.15) is 50.2 Å². The lowest BCUT2D eigenvalue weighted by atomic mass is 10.0. The van der Waals surface area contributed by atoms with Gasteiger partial charge in [-0.2, -0.15) is 0 Å². The molecule has 3 heteroatoms. The van der Waals surface area contributed by atoms with Gasteiger partial charge in [-0.05, 0) is 24.8 Å². The summed E-state index contributed by atoms with van der Waals surface area (Å²) < 4.78 is 0. The van der Waals surface area contributed by atoms with E-state index in [4.69, 9.17) is 0 Å². The fourth-order valence-corrected chi connectivity index (χ4v) is 2.58. The predicted octanol–water partition coefficient (Wildman–Crippen LogP) is 2.90. The van der Waals surface area contributed by atoms with E-state index in [1.54, 1.807) is 0 Å². The molecule has 1 saturated heterocycles. The zero-order chi connectivity index (χ0) is 13.5. The number of hydrogen-bond acceptors (Lipinski definition) is 2. The fourth-order valence-electron chi connectivity index (χ4n) is 2.58. The molecule has 0 saturated carbocycles. The molecular weight excluding hydrogens is 238 g/mol. The Hall–Kier alpha value is -1.35. The Balaban J connectivity index is 1.79. The number of nitrogens with zero attached hydrogens (tertiary/aromatic N) is 1. The smallest absolute Gasteiger partial charge is 0.222 e. The van der Waals surface area contributed by atoms with E-state index in [0.29, 0.717) is 12.8 Å². The van der Waals surface area contributed by atoms with Crippen LogP contribution in [0.15, 0.2) is 30.3 Å². The first-order valence-electron chi connectivity index (χ1n) is 7.28. The SMILES string of the molecule is O=C(CCC(O)c1ccccc1)N1CCCCCC1. The predicted molar refractivity (Wildman–Crippen MR) is 75.7 cm³/mol. The fraction of sp³-hybridized carbons (Fsp3) is 0.562. The number of amides is 1. The Morgan fingerprint density at radius 2 is 1.74 bits per heavy atom. The van der Waals surface area contributed by atoms with Crippen LogP contribution in [-0.4, -0.2) is 29.0 Å². The van der Waals surface area contributed by atoms with Crippen LogP contribution in [0, 0.1) is 0 Å². The molecule has 0 aliphatic carbocycles. The number of aliphatic hydroxyl groups is 1. The number of aliphatic hydroxyl groups excluding tert-OH is 1. The van der Waals surface area contributed by atoms with Crippen molar-refractivity contribution in [3.63, 3.8) is 0 Å². The quantitative estimate of drug-likeness (QED) is 0.905. The van der Waals surface area contributed by atoms with Crippen LogP contribution in [-0.2, 0) is 4.79 Å². The third kappa shape index (κ3) is 4.35. The van der Waals surface area contributed by atoms with Crippen LogP contribution >= 0.6 is 0 Å². The Labute approximate surface area is 115 Å². The molecule has 0 bridgehead atoms. The summed E-state index contributed by atoms with van der Waals surface area (Å²) in [6.45, 7) is 1.78. The van der Waals surface area contributed by atoms with Gasteiger partial charge in [0.15, 0.2) is 0 Å². The number of hydrogen-bond donors (Lipinski definition) is 1. The van der Waals surface area contributed by atoms with E-state index in [1.807, 2.05) is 35.2 Å². The Kier molecular flexibility index (Phi) is 5.40. The average molecular weight is 261 g/mol. The number of carbonyl (C=O) groups is 1. The average Bonchev–Trinajstić information content (AvgIpc) is 2.74. The topological polar surface area (TPSA) is 40.5 Å². The highest BCUT2D eigenvalue weighted by atomic mass is 16.3. The first-order chi connectivity index (χ1) is 9.27. The summed E-state index contributed by atoms with van der Waals surface area (Å²) in [6, 6.07) is 9.56. The van der Waals surface area contributed by atoms with Crippen molar-refractivity contribution in [1.82, 2.24) is 4.90 Å². The molecule has 1 aliphatic heterocycles. The summed E-state index contributed by atoms with van der Waals surface area (Å²) in [4.78, 5) is 14.1. The normalized spacial score (nSPS) is 17.8. The van der Waals surface area contributed by atoms with Crippen molar-refractivity contribution in [3.05, 3.63) is 35.9 Å². The molecule has 1 aromatic carbocycles. The van der Waals surface area contributed by atoms with Crippen LogP contribution in [0.4, 0.5) is 0 Å². The highest BCUT2D eigenvalue weighted by Gasteiger charge is 2.17. The molecule has 2 rings (SSSR count). The molecular formula is C16H23NO2. The van der Waals surface area contributed by atoms with Crippen molar-refractivity contribution in [2.75, 3.05) is 13.1 Å². The van der Waals surface area contributed by atoms with Crippen LogP contribution in [0.25, 0.3) is 0 Å². The van der Waals surface area contributed by atoms with Gasteiger partial charge in [0, 0.05) is 19.5 Å². The van der Waals surface area contributed by atoms with Crippen molar-refractivity contribution < 1.29 is 9.90 Å². The van der Waals surface area contributed by atoms with Crippen molar-refractivity contribution in [2.24, 2.45) is 0 Å². The zero-order valence-electron chi connectivity index (χ0n) is 11.4. The maximum atomic E-state index is 12.1. The summed E-state index contributed by atoms with van der Waals surface area (Å²) in [6.07, 6.45) is 5.12. The van der Waals surface area contributed by atoms with Gasteiger partial charge >= 0.3 is 0 Å². The maximum Gasteiger partial charge on any atom is 0.222 e. The van der Waals surface area contributed by atoms with Gasteiger partial charge in [0.05, 0.1) is 6.10 Å². The van der Waals surface area contributed by atoms with Crippen molar-refractivity contribution >= 4 is 5.91 Å². The molecule has 0 radical (unpaired) electrons. The maximum absolute atomic E-state index is 12.1. The Morgan fingerprint density at radius 1 is 1.11 bits per heavy atom. The summed E-state index contributed by atoms with van der Waals surface area (Å²) in [5, 5.41) is 10.1. The van der Waals surface area contributed by atoms with E-state index in [2.05, 4.69) is 0 Å². The third-order valence-electron chi connectivity index (χ3n) is 3.77. The van der Waals surface area contributed by atoms with E-state index in [-0.39, 0.29) is 5.91 Å². The number of benzene rings is 1. The molecule has 0 spiro atoms. The minimum absolute atomic E-state index is 0.192. The van der Waals surface area contributed by atoms with Crippen LogP contribution in [0.3, 0.4) is 0 Å². The lowest BCUT2D eigenvalue weighted by Crippen LogP contribution is -2.31. The molecule has 1 aromatic rings. The van der Waals surface area contributed by atoms with Crippen LogP contribution in [0.2, 0.25) is 0 Å². The van der Waals surface area contributed by atoms with E-state index < -0.39 is 6.10 Å². The van der Waals surface area contributed by atoms with E-state index >= 15 is 0 Å². The second-order valence-electron chi connectivity index (χ2n) is 5.26. The van der Waals surface area contributed by atoms with Gasteiger partial charge in [-0.15, -0.1) is 0 Å². The van der Waals surface area contributed by atoms with Gasteiger partial charge < -0.3 is 10.0 Å². The zero-order valence-corrected chi connectivity index (χ0v) is 11.4. The van der Waals surface area contributed by atoms with Crippen molar-refractivity contribution in [3.8, 4) is 0 Å². The van der Waals surface area contributed by atoms with E-state index in [9.17, 15) is 9.90 Å². The second kappa shape index (κ2) is 7.29. The van der Waals surface area contributed by atoms with Gasteiger partial charge in [0.25, 0.3) is 0 Å². The van der Waals surface area contributed by atoms with Gasteiger partial charge in [0.1, 0.15) is 0 Å². The van der Waals surface area contributed by atoms with Crippen LogP contribution in [0.5, 0.6) is 0 Å². The lowest BCUT2D eigenvalue weighted by Gasteiger charge is -2.21. The number of carbonyl (C=O) groups excluding carboxylic acids is 1. The standard InChI is InChI=1S/C16H23NO2/c18-15(14-8-4-3-5-9-14)10-11-16(19)17-12-6-1-2-7-13-17/h3-5,8-9,15,18H,1-2,6-7,10-13H2. The molecule has 1 fully saturated rings. The number of likely N-dealkylation sites (tertiary alicyclic amines) is 1. The molecule has 1 N–H and O–H groups in total. The summed E-state index contributed by atoms with van der Waals surface area (Å²) in [5.41, 5.74) is 0.895. The molecule has 1 heterocycles. The monoisotopic (exact) mass is 261 g/mol. The summed E-state index contributed by atoms with van der Waals surface area (Å²) in [7, 11) is 0. The lowest BCUT2D eigenvalue weighted by molar-refractivity contribution is -0.131. The molecule has 1 unspecified atom stereocenters. The summed E-state index contributed by atoms with van der Waals surface area (Å²) in [5.74, 6) is 0.192. The highest BCUT2D eigenvalue weighted by Crippen LogP contribution is 2.19. The minimum Gasteiger partial charge on any atom is -0.388 e. The molecule has 1 aliphatic rings. The van der Waals surface area contributed by atoms with Crippen molar-refractivity contribution in [1.29, 1.82) is 0 Å². The van der Waals surface area contributed by atoms with Crippen LogP contribution < -0.4 is 0 Å². The van der Waals surface area contributed by atoms with Gasteiger partial charge in [0.2, 0.25) is 5.91 Å². The first kappa shape index (κ1) is 14.1. The molecule has 0 aromatic heterocycles. The summed E-state index contributed by atoms with van der Waals surface area (Å²) >= 11 is 0. The highest BCUT2D eigenvalue weighted by molar-refractivity contribution is 5.76. The van der Waals surface area contributed by atoms with Gasteiger partial charge in [-0.3, -0.25) is 4.79 Å². The molecule has 1 atom stereocenters. The molecule has 1 amide bonds.